The van der Waals surface area contributed by atoms with E-state index in [2.05, 4.69) is 24.1 Å². The molecule has 1 heterocycles. The molecule has 3 atom stereocenters. The third kappa shape index (κ3) is 3.96. The molecule has 5 heteroatoms. The highest BCUT2D eigenvalue weighted by atomic mass is 16.5. The number of carbonyl (C=O) groups excluding carboxylic acids is 1. The van der Waals surface area contributed by atoms with Crippen molar-refractivity contribution in [2.75, 3.05) is 32.8 Å². The molecule has 2 aliphatic rings. The topological polar surface area (TPSA) is 50.8 Å². The first kappa shape index (κ1) is 16.7. The van der Waals surface area contributed by atoms with Crippen molar-refractivity contribution in [2.24, 2.45) is 0 Å². The molecule has 1 saturated carbocycles. The molecule has 3 unspecified atom stereocenters. The molecule has 2 fully saturated rings. The maximum Gasteiger partial charge on any atom is 0.326 e. The Hall–Kier alpha value is -0.650. The summed E-state index contributed by atoms with van der Waals surface area (Å²) in [5, 5.41) is 3.48. The van der Waals surface area contributed by atoms with E-state index >= 15 is 0 Å². The van der Waals surface area contributed by atoms with Gasteiger partial charge in [-0.1, -0.05) is 6.92 Å². The van der Waals surface area contributed by atoms with Gasteiger partial charge < -0.3 is 14.8 Å². The molecule has 0 aromatic heterocycles. The summed E-state index contributed by atoms with van der Waals surface area (Å²) in [6.07, 6.45) is 4.11. The zero-order valence-electron chi connectivity index (χ0n) is 13.7. The van der Waals surface area contributed by atoms with Crippen LogP contribution in [0.4, 0.5) is 0 Å². The minimum Gasteiger partial charge on any atom is -0.465 e. The van der Waals surface area contributed by atoms with E-state index in [0.717, 1.165) is 51.9 Å². The largest absolute Gasteiger partial charge is 0.465 e. The van der Waals surface area contributed by atoms with Gasteiger partial charge in [0.05, 0.1) is 19.3 Å². The molecule has 5 nitrogen and oxygen atoms in total. The van der Waals surface area contributed by atoms with Crippen molar-refractivity contribution in [1.29, 1.82) is 0 Å². The van der Waals surface area contributed by atoms with Crippen LogP contribution in [0.15, 0.2) is 0 Å². The molecule has 1 aliphatic heterocycles. The number of carbonyl (C=O) groups is 1. The van der Waals surface area contributed by atoms with Crippen LogP contribution >= 0.6 is 0 Å². The fourth-order valence-electron chi connectivity index (χ4n) is 3.56. The molecule has 0 spiro atoms. The summed E-state index contributed by atoms with van der Waals surface area (Å²) in [6.45, 7) is 10.2. The van der Waals surface area contributed by atoms with E-state index in [0.29, 0.717) is 18.8 Å². The SMILES string of the molecule is CCCNC1(C(=O)OCC)CCC(N2CCOC(C)C2)C1. The first-order chi connectivity index (χ1) is 10.1. The van der Waals surface area contributed by atoms with Gasteiger partial charge in [0, 0.05) is 19.1 Å². The first-order valence-corrected chi connectivity index (χ1v) is 8.39. The van der Waals surface area contributed by atoms with Crippen LogP contribution < -0.4 is 5.32 Å². The van der Waals surface area contributed by atoms with Crippen molar-refractivity contribution in [3.8, 4) is 0 Å². The highest BCUT2D eigenvalue weighted by Gasteiger charge is 2.47. The summed E-state index contributed by atoms with van der Waals surface area (Å²) in [4.78, 5) is 14.9. The normalized spacial score (nSPS) is 34.0. The monoisotopic (exact) mass is 298 g/mol. The van der Waals surface area contributed by atoms with Crippen molar-refractivity contribution in [1.82, 2.24) is 10.2 Å². The van der Waals surface area contributed by atoms with E-state index in [-0.39, 0.29) is 5.97 Å². The Morgan fingerprint density at radius 3 is 2.95 bits per heavy atom. The number of esters is 1. The molecule has 0 amide bonds. The molecule has 21 heavy (non-hydrogen) atoms. The average Bonchev–Trinajstić information content (AvgIpc) is 2.91. The molecule has 2 rings (SSSR count). The van der Waals surface area contributed by atoms with Crippen molar-refractivity contribution in [3.63, 3.8) is 0 Å². The van der Waals surface area contributed by atoms with Crippen LogP contribution in [0, 0.1) is 0 Å². The predicted molar refractivity (Wildman–Crippen MR) is 82.3 cm³/mol. The zero-order valence-corrected chi connectivity index (χ0v) is 13.7. The predicted octanol–water partition coefficient (Wildman–Crippen LogP) is 1.56. The summed E-state index contributed by atoms with van der Waals surface area (Å²) in [5.74, 6) is -0.0674. The number of nitrogens with one attached hydrogen (secondary N) is 1. The van der Waals surface area contributed by atoms with Gasteiger partial charge in [-0.3, -0.25) is 9.69 Å². The van der Waals surface area contributed by atoms with Gasteiger partial charge in [0.15, 0.2) is 0 Å². The fraction of sp³-hybridized carbons (Fsp3) is 0.938. The van der Waals surface area contributed by atoms with Gasteiger partial charge in [-0.05, 0) is 46.1 Å². The number of morpholine rings is 1. The summed E-state index contributed by atoms with van der Waals surface area (Å²) >= 11 is 0. The number of hydrogen-bond acceptors (Lipinski definition) is 5. The summed E-state index contributed by atoms with van der Waals surface area (Å²) in [6, 6.07) is 0.463. The van der Waals surface area contributed by atoms with Crippen LogP contribution in [0.2, 0.25) is 0 Å². The highest BCUT2D eigenvalue weighted by Crippen LogP contribution is 2.35. The Kier molecular flexibility index (Phi) is 6.02. The zero-order chi connectivity index (χ0) is 15.3. The lowest BCUT2D eigenvalue weighted by molar-refractivity contribution is -0.151. The Morgan fingerprint density at radius 2 is 2.29 bits per heavy atom. The van der Waals surface area contributed by atoms with Crippen LogP contribution in [0.1, 0.15) is 46.5 Å². The van der Waals surface area contributed by atoms with Gasteiger partial charge in [-0.25, -0.2) is 0 Å². The second-order valence-electron chi connectivity index (χ2n) is 6.30. The van der Waals surface area contributed by atoms with E-state index < -0.39 is 5.54 Å². The quantitative estimate of drug-likeness (QED) is 0.754. The minimum absolute atomic E-state index is 0.0674. The Morgan fingerprint density at radius 1 is 1.48 bits per heavy atom. The van der Waals surface area contributed by atoms with Gasteiger partial charge in [0.25, 0.3) is 0 Å². The lowest BCUT2D eigenvalue weighted by Crippen LogP contribution is -2.53. The van der Waals surface area contributed by atoms with Gasteiger partial charge in [-0.15, -0.1) is 0 Å². The lowest BCUT2D eigenvalue weighted by atomic mass is 9.96. The number of hydrogen-bond donors (Lipinski definition) is 1. The fourth-order valence-corrected chi connectivity index (χ4v) is 3.56. The number of rotatable bonds is 6. The maximum absolute atomic E-state index is 12.4. The Labute approximate surface area is 128 Å². The molecule has 1 saturated heterocycles. The van der Waals surface area contributed by atoms with E-state index in [1.807, 2.05) is 6.92 Å². The van der Waals surface area contributed by atoms with Gasteiger partial charge in [0.2, 0.25) is 0 Å². The Bertz CT molecular complexity index is 350. The molecular formula is C16H30N2O3. The second-order valence-corrected chi connectivity index (χ2v) is 6.30. The number of nitrogens with zero attached hydrogens (tertiary/aromatic N) is 1. The van der Waals surface area contributed by atoms with E-state index in [4.69, 9.17) is 9.47 Å². The van der Waals surface area contributed by atoms with Gasteiger partial charge >= 0.3 is 5.97 Å². The molecule has 0 radical (unpaired) electrons. The molecule has 1 aliphatic carbocycles. The second kappa shape index (κ2) is 7.56. The van der Waals surface area contributed by atoms with Crippen molar-refractivity contribution < 1.29 is 14.3 Å². The van der Waals surface area contributed by atoms with Crippen LogP contribution in [-0.2, 0) is 14.3 Å². The third-order valence-electron chi connectivity index (χ3n) is 4.66. The molecule has 122 valence electrons. The highest BCUT2D eigenvalue weighted by molar-refractivity contribution is 5.81. The lowest BCUT2D eigenvalue weighted by Gasteiger charge is -2.36. The Balaban J connectivity index is 2.01. The summed E-state index contributed by atoms with van der Waals surface area (Å²) in [5.41, 5.74) is -0.474. The van der Waals surface area contributed by atoms with Crippen LogP contribution in [0.3, 0.4) is 0 Å². The third-order valence-corrected chi connectivity index (χ3v) is 4.66. The van der Waals surface area contributed by atoms with E-state index in [9.17, 15) is 4.79 Å². The van der Waals surface area contributed by atoms with E-state index in [1.165, 1.54) is 0 Å². The average molecular weight is 298 g/mol. The summed E-state index contributed by atoms with van der Waals surface area (Å²) < 4.78 is 11.0. The van der Waals surface area contributed by atoms with Crippen molar-refractivity contribution >= 4 is 5.97 Å². The molecule has 0 aromatic carbocycles. The minimum atomic E-state index is -0.474. The smallest absolute Gasteiger partial charge is 0.326 e. The molecular weight excluding hydrogens is 268 g/mol. The first-order valence-electron chi connectivity index (χ1n) is 8.39. The van der Waals surface area contributed by atoms with Crippen molar-refractivity contribution in [2.45, 2.75) is 64.1 Å². The van der Waals surface area contributed by atoms with Gasteiger partial charge in [-0.2, -0.15) is 0 Å². The van der Waals surface area contributed by atoms with Crippen LogP contribution in [0.25, 0.3) is 0 Å². The maximum atomic E-state index is 12.4. The van der Waals surface area contributed by atoms with Gasteiger partial charge in [0.1, 0.15) is 5.54 Å². The van der Waals surface area contributed by atoms with Crippen LogP contribution in [0.5, 0.6) is 0 Å². The van der Waals surface area contributed by atoms with E-state index in [1.54, 1.807) is 0 Å². The van der Waals surface area contributed by atoms with Crippen LogP contribution in [-0.4, -0.2) is 61.4 Å². The summed E-state index contributed by atoms with van der Waals surface area (Å²) in [7, 11) is 0. The molecule has 1 N–H and O–H groups in total. The standard InChI is InChI=1S/C16H30N2O3/c1-4-8-17-16(15(19)20-5-2)7-6-14(11-16)18-9-10-21-13(3)12-18/h13-14,17H,4-12H2,1-3H3. The number of ether oxygens (including phenoxy) is 2. The molecule has 0 bridgehead atoms. The van der Waals surface area contributed by atoms with Crippen molar-refractivity contribution in [3.05, 3.63) is 0 Å². The molecule has 0 aromatic rings.